The number of benzene rings is 1. The van der Waals surface area contributed by atoms with Crippen LogP contribution >= 0.6 is 11.3 Å². The van der Waals surface area contributed by atoms with Gasteiger partial charge in [0, 0.05) is 38.6 Å². The number of sulfonamides is 1. The summed E-state index contributed by atoms with van der Waals surface area (Å²) in [4.78, 5) is 27.0. The first kappa shape index (κ1) is 22.4. The third-order valence-electron chi connectivity index (χ3n) is 6.64. The molecule has 170 valence electrons. The van der Waals surface area contributed by atoms with E-state index in [0.717, 1.165) is 36.4 Å². The fourth-order valence-corrected chi connectivity index (χ4v) is 7.18. The highest BCUT2D eigenvalue weighted by atomic mass is 32.2. The predicted octanol–water partition coefficient (Wildman–Crippen LogP) is 1.60. The van der Waals surface area contributed by atoms with Crippen molar-refractivity contribution in [1.29, 1.82) is 0 Å². The number of nitrogens with one attached hydrogen (secondary N) is 1. The van der Waals surface area contributed by atoms with E-state index in [1.54, 1.807) is 25.2 Å². The summed E-state index contributed by atoms with van der Waals surface area (Å²) in [5, 5.41) is 3.09. The molecule has 2 saturated heterocycles. The molecule has 0 radical (unpaired) electrons. The van der Waals surface area contributed by atoms with Gasteiger partial charge in [0.1, 0.15) is 0 Å². The summed E-state index contributed by atoms with van der Waals surface area (Å²) >= 11 is 1.05. The van der Waals surface area contributed by atoms with E-state index >= 15 is 0 Å². The van der Waals surface area contributed by atoms with E-state index in [1.165, 1.54) is 15.3 Å². The molecular weight excluding hydrogens is 436 g/mol. The summed E-state index contributed by atoms with van der Waals surface area (Å²) in [7, 11) is -1.97. The number of aromatic nitrogens is 1. The lowest BCUT2D eigenvalue weighted by Crippen LogP contribution is -2.45. The third kappa shape index (κ3) is 4.44. The zero-order valence-electron chi connectivity index (χ0n) is 18.0. The smallest absolute Gasteiger partial charge is 0.307 e. The molecule has 8 nitrogen and oxygen atoms in total. The Hall–Kier alpha value is -1.75. The molecule has 10 heteroatoms. The van der Waals surface area contributed by atoms with E-state index in [9.17, 15) is 18.0 Å². The maximum Gasteiger partial charge on any atom is 0.307 e. The normalized spacial score (nSPS) is 21.7. The van der Waals surface area contributed by atoms with Gasteiger partial charge < -0.3 is 9.88 Å². The van der Waals surface area contributed by atoms with Gasteiger partial charge in [-0.15, -0.1) is 0 Å². The first-order valence-electron chi connectivity index (χ1n) is 10.9. The molecule has 0 aliphatic carbocycles. The van der Waals surface area contributed by atoms with Gasteiger partial charge in [0.25, 0.3) is 0 Å². The standard InChI is InChI=1S/C21H30N4O4S2/c1-3-24-10-4-5-16(24)14-22-20(26)15-8-11-25(12-9-15)31(28,29)17-6-7-18-19(13-17)30-21(27)23(18)2/h6-7,13,15-16H,3-5,8-12,14H2,1-2H3,(H,22,26)/t16-/m0/s1. The van der Waals surface area contributed by atoms with Crippen LogP contribution < -0.4 is 10.2 Å². The molecule has 0 saturated carbocycles. The topological polar surface area (TPSA) is 91.7 Å². The van der Waals surface area contributed by atoms with Gasteiger partial charge in [-0.3, -0.25) is 14.5 Å². The second-order valence-corrected chi connectivity index (χ2v) is 11.3. The Bertz CT molecular complexity index is 1120. The lowest BCUT2D eigenvalue weighted by molar-refractivity contribution is -0.126. The number of carbonyl (C=O) groups is 1. The van der Waals surface area contributed by atoms with Crippen LogP contribution in [0.4, 0.5) is 0 Å². The van der Waals surface area contributed by atoms with Gasteiger partial charge in [-0.05, 0) is 57.0 Å². The molecule has 0 bridgehead atoms. The average molecular weight is 467 g/mol. The molecule has 1 aromatic carbocycles. The van der Waals surface area contributed by atoms with Crippen LogP contribution in [0.3, 0.4) is 0 Å². The van der Waals surface area contributed by atoms with Crippen molar-refractivity contribution in [2.24, 2.45) is 13.0 Å². The molecule has 2 aromatic rings. The number of hydrogen-bond acceptors (Lipinski definition) is 6. The second-order valence-electron chi connectivity index (χ2n) is 8.40. The molecule has 0 spiro atoms. The van der Waals surface area contributed by atoms with Crippen molar-refractivity contribution in [1.82, 2.24) is 19.1 Å². The van der Waals surface area contributed by atoms with Gasteiger partial charge >= 0.3 is 4.87 Å². The fraction of sp³-hybridized carbons (Fsp3) is 0.619. The number of likely N-dealkylation sites (N-methyl/N-ethyl adjacent to an activating group) is 1. The molecule has 2 aliphatic heterocycles. The van der Waals surface area contributed by atoms with Crippen LogP contribution in [0.15, 0.2) is 27.9 Å². The number of aryl methyl sites for hydroxylation is 1. The van der Waals surface area contributed by atoms with Gasteiger partial charge in [0.15, 0.2) is 0 Å². The van der Waals surface area contributed by atoms with E-state index in [-0.39, 0.29) is 21.6 Å². The molecule has 1 amide bonds. The number of thiazole rings is 1. The summed E-state index contributed by atoms with van der Waals surface area (Å²) in [6.45, 7) is 5.57. The average Bonchev–Trinajstić information content (AvgIpc) is 3.35. The molecule has 2 aliphatic rings. The van der Waals surface area contributed by atoms with Crippen LogP contribution in [0.25, 0.3) is 10.2 Å². The lowest BCUT2D eigenvalue weighted by atomic mass is 9.97. The maximum atomic E-state index is 13.1. The zero-order chi connectivity index (χ0) is 22.2. The monoisotopic (exact) mass is 466 g/mol. The Morgan fingerprint density at radius 3 is 2.65 bits per heavy atom. The van der Waals surface area contributed by atoms with Crippen LogP contribution in [0.2, 0.25) is 0 Å². The highest BCUT2D eigenvalue weighted by Crippen LogP contribution is 2.27. The number of fused-ring (bicyclic) bond motifs is 1. The maximum absolute atomic E-state index is 13.1. The molecular formula is C21H30N4O4S2. The molecule has 0 unspecified atom stereocenters. The summed E-state index contributed by atoms with van der Waals surface area (Å²) in [6, 6.07) is 5.24. The fourth-order valence-electron chi connectivity index (χ4n) is 4.69. The first-order valence-corrected chi connectivity index (χ1v) is 13.2. The van der Waals surface area contributed by atoms with Gasteiger partial charge in [-0.1, -0.05) is 18.3 Å². The number of hydrogen-bond donors (Lipinski definition) is 1. The van der Waals surface area contributed by atoms with Crippen molar-refractivity contribution in [2.45, 2.75) is 43.5 Å². The first-order chi connectivity index (χ1) is 14.8. The van der Waals surface area contributed by atoms with Crippen molar-refractivity contribution in [3.05, 3.63) is 27.9 Å². The largest absolute Gasteiger partial charge is 0.354 e. The second kappa shape index (κ2) is 9.01. The van der Waals surface area contributed by atoms with Crippen LogP contribution in [-0.2, 0) is 21.9 Å². The van der Waals surface area contributed by atoms with Crippen LogP contribution in [0.1, 0.15) is 32.6 Å². The molecule has 4 rings (SSSR count). The van der Waals surface area contributed by atoms with Crippen LogP contribution in [-0.4, -0.2) is 66.9 Å². The Labute approximate surface area is 186 Å². The summed E-state index contributed by atoms with van der Waals surface area (Å²) < 4.78 is 29.9. The summed E-state index contributed by atoms with van der Waals surface area (Å²) in [5.41, 5.74) is 0.730. The number of amides is 1. The highest BCUT2D eigenvalue weighted by molar-refractivity contribution is 7.89. The SMILES string of the molecule is CCN1CCC[C@H]1CNC(=O)C1CCN(S(=O)(=O)c2ccc3c(c2)sc(=O)n3C)CC1. The quantitative estimate of drug-likeness (QED) is 0.698. The molecule has 1 N–H and O–H groups in total. The molecule has 31 heavy (non-hydrogen) atoms. The van der Waals surface area contributed by atoms with Crippen molar-refractivity contribution in [2.75, 3.05) is 32.7 Å². The van der Waals surface area contributed by atoms with Gasteiger partial charge in [0.05, 0.1) is 15.1 Å². The molecule has 1 atom stereocenters. The Morgan fingerprint density at radius 1 is 1.19 bits per heavy atom. The van der Waals surface area contributed by atoms with Gasteiger partial charge in [-0.2, -0.15) is 4.31 Å². The predicted molar refractivity (Wildman–Crippen MR) is 122 cm³/mol. The van der Waals surface area contributed by atoms with E-state index < -0.39 is 10.0 Å². The third-order valence-corrected chi connectivity index (χ3v) is 9.53. The minimum Gasteiger partial charge on any atom is -0.354 e. The lowest BCUT2D eigenvalue weighted by Gasteiger charge is -2.31. The number of piperidine rings is 1. The number of nitrogens with zero attached hydrogens (tertiary/aromatic N) is 3. The van der Waals surface area contributed by atoms with Crippen molar-refractivity contribution in [3.63, 3.8) is 0 Å². The number of rotatable bonds is 6. The van der Waals surface area contributed by atoms with Crippen molar-refractivity contribution < 1.29 is 13.2 Å². The van der Waals surface area contributed by atoms with E-state index in [1.807, 2.05) is 0 Å². The summed E-state index contributed by atoms with van der Waals surface area (Å²) in [6.07, 6.45) is 3.34. The highest BCUT2D eigenvalue weighted by Gasteiger charge is 2.33. The van der Waals surface area contributed by atoms with Crippen molar-refractivity contribution >= 4 is 37.5 Å². The van der Waals surface area contributed by atoms with Crippen LogP contribution in [0.5, 0.6) is 0 Å². The van der Waals surface area contributed by atoms with Crippen LogP contribution in [0, 0.1) is 5.92 Å². The van der Waals surface area contributed by atoms with E-state index in [0.29, 0.717) is 43.2 Å². The zero-order valence-corrected chi connectivity index (χ0v) is 19.7. The number of carbonyl (C=O) groups excluding carboxylic acids is 1. The number of likely N-dealkylation sites (tertiary alicyclic amines) is 1. The minimum atomic E-state index is -3.65. The molecule has 3 heterocycles. The minimum absolute atomic E-state index is 0.0375. The van der Waals surface area contributed by atoms with Crippen molar-refractivity contribution in [3.8, 4) is 0 Å². The van der Waals surface area contributed by atoms with Gasteiger partial charge in [-0.25, -0.2) is 8.42 Å². The van der Waals surface area contributed by atoms with Gasteiger partial charge in [0.2, 0.25) is 15.9 Å². The summed E-state index contributed by atoms with van der Waals surface area (Å²) in [5.74, 6) is -0.111. The Morgan fingerprint density at radius 2 is 1.94 bits per heavy atom. The van der Waals surface area contributed by atoms with E-state index in [2.05, 4.69) is 17.1 Å². The molecule has 1 aromatic heterocycles. The Kier molecular flexibility index (Phi) is 6.52. The van der Waals surface area contributed by atoms with E-state index in [4.69, 9.17) is 0 Å². The molecule has 2 fully saturated rings. The Balaban J connectivity index is 1.36.